The van der Waals surface area contributed by atoms with Crippen LogP contribution >= 0.6 is 0 Å². The minimum atomic E-state index is -0.721. The maximum Gasteiger partial charge on any atom is 0.319 e. The molecule has 0 aliphatic heterocycles. The number of carbonyl (C=O) groups excluding carboxylic acids is 2. The van der Waals surface area contributed by atoms with Crippen molar-refractivity contribution in [1.82, 2.24) is 9.88 Å². The molecule has 3 rings (SSSR count). The molecule has 8 heteroatoms. The summed E-state index contributed by atoms with van der Waals surface area (Å²) >= 11 is 0. The lowest BCUT2D eigenvalue weighted by atomic mass is 9.97. The van der Waals surface area contributed by atoms with Gasteiger partial charge in [-0.05, 0) is 43.9 Å². The van der Waals surface area contributed by atoms with E-state index in [2.05, 4.69) is 34.9 Å². The second kappa shape index (κ2) is 11.4. The van der Waals surface area contributed by atoms with Crippen molar-refractivity contribution in [2.45, 2.75) is 39.7 Å². The van der Waals surface area contributed by atoms with Gasteiger partial charge in [-0.15, -0.1) is 0 Å². The summed E-state index contributed by atoms with van der Waals surface area (Å²) in [4.78, 5) is 37.5. The van der Waals surface area contributed by atoms with Crippen LogP contribution in [0.3, 0.4) is 0 Å². The molecule has 0 aliphatic rings. The minimum Gasteiger partial charge on any atom is -0.505 e. The highest BCUT2D eigenvalue weighted by Crippen LogP contribution is 2.24. The fraction of sp³-hybridized carbons (Fsp3) is 0.296. The number of amides is 2. The van der Waals surface area contributed by atoms with Crippen molar-refractivity contribution >= 4 is 17.7 Å². The van der Waals surface area contributed by atoms with Crippen molar-refractivity contribution in [2.75, 3.05) is 11.9 Å². The molecule has 2 amide bonds. The maximum absolute atomic E-state index is 12.8. The third-order valence-corrected chi connectivity index (χ3v) is 5.63. The van der Waals surface area contributed by atoms with Crippen LogP contribution < -0.4 is 16.2 Å². The first-order valence-corrected chi connectivity index (χ1v) is 11.4. The van der Waals surface area contributed by atoms with Crippen molar-refractivity contribution in [1.29, 1.82) is 0 Å². The van der Waals surface area contributed by atoms with Gasteiger partial charge in [-0.1, -0.05) is 54.1 Å². The molecule has 184 valence electrons. The van der Waals surface area contributed by atoms with E-state index in [0.717, 1.165) is 16.7 Å². The minimum absolute atomic E-state index is 0.0902. The van der Waals surface area contributed by atoms with E-state index in [4.69, 9.17) is 4.74 Å². The average molecular weight is 478 g/mol. The lowest BCUT2D eigenvalue weighted by molar-refractivity contribution is -0.143. The van der Waals surface area contributed by atoms with Crippen LogP contribution in [-0.4, -0.2) is 28.3 Å². The van der Waals surface area contributed by atoms with E-state index in [1.54, 1.807) is 13.8 Å². The molecular formula is C27H31N3O5. The fourth-order valence-corrected chi connectivity index (χ4v) is 3.81. The monoisotopic (exact) mass is 477 g/mol. The normalized spacial score (nSPS) is 11.5. The molecule has 0 aliphatic carbocycles. The van der Waals surface area contributed by atoms with E-state index in [-0.39, 0.29) is 24.5 Å². The predicted octanol–water partition coefficient (Wildman–Crippen LogP) is 4.11. The highest BCUT2D eigenvalue weighted by Gasteiger charge is 2.22. The number of esters is 1. The van der Waals surface area contributed by atoms with Crippen LogP contribution in [0, 0.1) is 13.8 Å². The lowest BCUT2D eigenvalue weighted by Crippen LogP contribution is -2.36. The zero-order chi connectivity index (χ0) is 25.5. The number of carbonyl (C=O) groups is 2. The Bertz CT molecular complexity index is 1260. The molecule has 8 nitrogen and oxygen atoms in total. The van der Waals surface area contributed by atoms with Crippen LogP contribution in [0.25, 0.3) is 0 Å². The van der Waals surface area contributed by atoms with Gasteiger partial charge in [0.25, 0.3) is 5.56 Å². The molecule has 0 unspecified atom stereocenters. The standard InChI is InChI=1S/C27H31N3O5/c1-5-35-23(31)15-22(28-27(34)29-24-25(32)18(3)16-30(4)26(24)33)21-8-6-7-20(14-21)13-19-11-9-17(2)10-12-19/h6-12,14,16,22,32H,5,13,15H2,1-4H3,(H2,28,29,34)/t22-/m0/s1. The smallest absolute Gasteiger partial charge is 0.319 e. The molecule has 0 spiro atoms. The van der Waals surface area contributed by atoms with E-state index in [9.17, 15) is 19.5 Å². The molecule has 0 radical (unpaired) electrons. The van der Waals surface area contributed by atoms with Crippen molar-refractivity contribution in [3.05, 3.63) is 92.9 Å². The molecule has 2 aromatic carbocycles. The predicted molar refractivity (Wildman–Crippen MR) is 135 cm³/mol. The molecule has 1 heterocycles. The summed E-state index contributed by atoms with van der Waals surface area (Å²) in [5.41, 5.74) is 3.73. The summed E-state index contributed by atoms with van der Waals surface area (Å²) in [7, 11) is 1.53. The van der Waals surface area contributed by atoms with Gasteiger partial charge in [0, 0.05) is 18.8 Å². The quantitative estimate of drug-likeness (QED) is 0.423. The van der Waals surface area contributed by atoms with Gasteiger partial charge >= 0.3 is 12.0 Å². The summed E-state index contributed by atoms with van der Waals surface area (Å²) in [6.45, 7) is 5.60. The van der Waals surface area contributed by atoms with Crippen LogP contribution in [0.1, 0.15) is 47.2 Å². The summed E-state index contributed by atoms with van der Waals surface area (Å²) in [5, 5.41) is 15.5. The number of aromatic nitrogens is 1. The summed E-state index contributed by atoms with van der Waals surface area (Å²) in [5.74, 6) is -0.763. The number of urea groups is 1. The zero-order valence-electron chi connectivity index (χ0n) is 20.4. The average Bonchev–Trinajstić information content (AvgIpc) is 2.82. The maximum atomic E-state index is 12.8. The van der Waals surface area contributed by atoms with Gasteiger partial charge in [0.15, 0.2) is 5.69 Å². The van der Waals surface area contributed by atoms with Gasteiger partial charge in [-0.2, -0.15) is 0 Å². The summed E-state index contributed by atoms with van der Waals surface area (Å²) in [6.07, 6.45) is 2.08. The van der Waals surface area contributed by atoms with Crippen molar-refractivity contribution < 1.29 is 19.4 Å². The Hall–Kier alpha value is -4.07. The fourth-order valence-electron chi connectivity index (χ4n) is 3.81. The van der Waals surface area contributed by atoms with E-state index >= 15 is 0 Å². The molecule has 3 aromatic rings. The van der Waals surface area contributed by atoms with Crippen LogP contribution in [0.4, 0.5) is 10.5 Å². The van der Waals surface area contributed by atoms with Gasteiger partial charge in [0.05, 0.1) is 19.1 Å². The Morgan fingerprint density at radius 1 is 1.09 bits per heavy atom. The first kappa shape index (κ1) is 25.6. The van der Waals surface area contributed by atoms with Gasteiger partial charge in [0.2, 0.25) is 0 Å². The van der Waals surface area contributed by atoms with Gasteiger partial charge in [-0.25, -0.2) is 4.79 Å². The molecule has 3 N–H and O–H groups in total. The number of pyridine rings is 1. The molecular weight excluding hydrogens is 446 g/mol. The van der Waals surface area contributed by atoms with Crippen LogP contribution in [-0.2, 0) is 23.0 Å². The first-order valence-electron chi connectivity index (χ1n) is 11.4. The molecule has 0 bridgehead atoms. The van der Waals surface area contributed by atoms with Gasteiger partial charge < -0.3 is 25.0 Å². The Morgan fingerprint density at radius 2 is 1.80 bits per heavy atom. The van der Waals surface area contributed by atoms with Gasteiger partial charge in [0.1, 0.15) is 5.75 Å². The Labute approximate surface area is 204 Å². The topological polar surface area (TPSA) is 110 Å². The summed E-state index contributed by atoms with van der Waals surface area (Å²) < 4.78 is 6.37. The van der Waals surface area contributed by atoms with Crippen LogP contribution in [0.5, 0.6) is 5.75 Å². The number of benzene rings is 2. The van der Waals surface area contributed by atoms with E-state index in [0.29, 0.717) is 12.0 Å². The zero-order valence-corrected chi connectivity index (χ0v) is 20.4. The number of hydrogen-bond acceptors (Lipinski definition) is 5. The third kappa shape index (κ3) is 6.72. The molecule has 1 atom stereocenters. The highest BCUT2D eigenvalue weighted by molar-refractivity contribution is 5.91. The number of aryl methyl sites for hydroxylation is 3. The number of nitrogens with one attached hydrogen (secondary N) is 2. The molecule has 0 fully saturated rings. The Kier molecular flexibility index (Phi) is 8.30. The molecule has 0 saturated heterocycles. The second-order valence-electron chi connectivity index (χ2n) is 8.52. The second-order valence-corrected chi connectivity index (χ2v) is 8.52. The number of hydrogen-bond donors (Lipinski definition) is 3. The molecule has 1 aromatic heterocycles. The van der Waals surface area contributed by atoms with Crippen LogP contribution in [0.15, 0.2) is 59.5 Å². The van der Waals surface area contributed by atoms with Crippen molar-refractivity contribution in [3.8, 4) is 5.75 Å². The Balaban J connectivity index is 1.84. The third-order valence-electron chi connectivity index (χ3n) is 5.63. The molecule has 35 heavy (non-hydrogen) atoms. The SMILES string of the molecule is CCOC(=O)C[C@H](NC(=O)Nc1c(O)c(C)cn(C)c1=O)c1cccc(Cc2ccc(C)cc2)c1. The van der Waals surface area contributed by atoms with E-state index < -0.39 is 23.6 Å². The number of aromatic hydroxyl groups is 1. The Morgan fingerprint density at radius 3 is 2.49 bits per heavy atom. The van der Waals surface area contributed by atoms with E-state index in [1.165, 1.54) is 23.4 Å². The number of ether oxygens (including phenoxy) is 1. The molecule has 0 saturated carbocycles. The number of nitrogens with zero attached hydrogens (tertiary/aromatic N) is 1. The lowest BCUT2D eigenvalue weighted by Gasteiger charge is -2.20. The van der Waals surface area contributed by atoms with Crippen molar-refractivity contribution in [2.24, 2.45) is 7.05 Å². The number of rotatable bonds is 8. The largest absolute Gasteiger partial charge is 0.505 e. The highest BCUT2D eigenvalue weighted by atomic mass is 16.5. The van der Waals surface area contributed by atoms with Crippen LogP contribution in [0.2, 0.25) is 0 Å². The number of anilines is 1. The van der Waals surface area contributed by atoms with Gasteiger partial charge in [-0.3, -0.25) is 9.59 Å². The first-order chi connectivity index (χ1) is 16.7. The van der Waals surface area contributed by atoms with Crippen molar-refractivity contribution in [3.63, 3.8) is 0 Å². The van der Waals surface area contributed by atoms with E-state index in [1.807, 2.05) is 31.2 Å². The summed E-state index contributed by atoms with van der Waals surface area (Å²) in [6, 6.07) is 14.4.